The van der Waals surface area contributed by atoms with Crippen LogP contribution >= 0.6 is 0 Å². The van der Waals surface area contributed by atoms with Crippen molar-refractivity contribution in [2.45, 2.75) is 37.8 Å². The molecular weight excluding hydrogens is 428 g/mol. The molecule has 0 radical (unpaired) electrons. The van der Waals surface area contributed by atoms with Crippen LogP contribution in [0.1, 0.15) is 37.3 Å². The number of benzene rings is 1. The number of rotatable bonds is 7. The Morgan fingerprint density at radius 2 is 1.85 bits per heavy atom. The zero-order valence-corrected chi connectivity index (χ0v) is 17.9. The average Bonchev–Trinajstić information content (AvgIpc) is 3.42. The maximum atomic E-state index is 12.8. The van der Waals surface area contributed by atoms with Crippen molar-refractivity contribution in [3.05, 3.63) is 42.1 Å². The summed E-state index contributed by atoms with van der Waals surface area (Å²) in [6.45, 7) is 0.430. The summed E-state index contributed by atoms with van der Waals surface area (Å²) in [4.78, 5) is 53.1. The molecule has 1 aromatic heterocycles. The quantitative estimate of drug-likeness (QED) is 0.398. The molecule has 4 atom stereocenters. The summed E-state index contributed by atoms with van der Waals surface area (Å²) in [6.07, 6.45) is 6.98. The lowest BCUT2D eigenvalue weighted by molar-refractivity contribution is -0.146. The Balaban J connectivity index is 1.64. The molecule has 4 rings (SSSR count). The smallest absolute Gasteiger partial charge is 0.325 e. The van der Waals surface area contributed by atoms with Crippen molar-refractivity contribution < 1.29 is 29.4 Å². The fourth-order valence-electron chi connectivity index (χ4n) is 4.92. The maximum absolute atomic E-state index is 12.8. The molecule has 1 saturated heterocycles. The van der Waals surface area contributed by atoms with E-state index in [9.17, 15) is 29.4 Å². The van der Waals surface area contributed by atoms with Crippen molar-refractivity contribution in [1.82, 2.24) is 9.88 Å². The van der Waals surface area contributed by atoms with Crippen LogP contribution in [-0.2, 0) is 19.2 Å². The van der Waals surface area contributed by atoms with Gasteiger partial charge in [-0.1, -0.05) is 12.2 Å². The molecule has 6 N–H and O–H groups in total. The van der Waals surface area contributed by atoms with Crippen molar-refractivity contribution in [3.8, 4) is 0 Å². The number of fused-ring (bicyclic) bond motifs is 1. The Morgan fingerprint density at radius 3 is 2.52 bits per heavy atom. The third kappa shape index (κ3) is 4.34. The molecule has 2 aliphatic rings. The minimum Gasteiger partial charge on any atom is -0.481 e. The number of nitrogens with two attached hydrogens (primary N) is 1. The second kappa shape index (κ2) is 9.07. The van der Waals surface area contributed by atoms with Crippen LogP contribution in [0.5, 0.6) is 0 Å². The number of anilines is 1. The second-order valence-corrected chi connectivity index (χ2v) is 8.53. The minimum atomic E-state index is -1.10. The Kier molecular flexibility index (Phi) is 6.19. The number of carbonyl (C=O) groups is 4. The van der Waals surface area contributed by atoms with Gasteiger partial charge in [-0.3, -0.25) is 24.1 Å². The second-order valence-electron chi connectivity index (χ2n) is 8.53. The minimum absolute atomic E-state index is 0.297. The highest BCUT2D eigenvalue weighted by molar-refractivity contribution is 5.98. The summed E-state index contributed by atoms with van der Waals surface area (Å²) in [7, 11) is 0. The summed E-state index contributed by atoms with van der Waals surface area (Å²) < 4.78 is 0. The van der Waals surface area contributed by atoms with Gasteiger partial charge >= 0.3 is 11.9 Å². The van der Waals surface area contributed by atoms with E-state index in [0.717, 1.165) is 0 Å². The van der Waals surface area contributed by atoms with E-state index < -0.39 is 47.7 Å². The fraction of sp³-hybridized carbons (Fsp3) is 0.391. The van der Waals surface area contributed by atoms with Crippen molar-refractivity contribution >= 4 is 40.3 Å². The molecule has 0 spiro atoms. The SMILES string of the molecule is NC(=O)[C@@H]1CCCN1[C@H](C(=O)O)c1c[nH]c2ccc(NC(=O)[C@H]3CC=CC[C@H]3C(=O)O)cc12. The van der Waals surface area contributed by atoms with E-state index in [-0.39, 0.29) is 0 Å². The lowest BCUT2D eigenvalue weighted by Crippen LogP contribution is -2.44. The molecule has 2 amide bonds. The summed E-state index contributed by atoms with van der Waals surface area (Å²) in [5.74, 6) is -4.55. The molecule has 33 heavy (non-hydrogen) atoms. The van der Waals surface area contributed by atoms with Crippen LogP contribution in [0.25, 0.3) is 10.9 Å². The van der Waals surface area contributed by atoms with Crippen molar-refractivity contribution in [3.63, 3.8) is 0 Å². The summed E-state index contributed by atoms with van der Waals surface area (Å²) >= 11 is 0. The lowest BCUT2D eigenvalue weighted by Gasteiger charge is -2.28. The standard InChI is InChI=1S/C23H26N4O6/c24-20(28)18-6-3-9-27(18)19(23(32)33)16-11-25-17-8-7-12(10-15(16)17)26-21(29)13-4-1-2-5-14(13)22(30)31/h1-2,7-8,10-11,13-14,18-19,25H,3-6,9H2,(H2,24,28)(H,26,29)(H,30,31)(H,32,33)/t13-,14+,18-,19-/m0/s1. The first kappa shape index (κ1) is 22.5. The molecule has 1 aromatic carbocycles. The Morgan fingerprint density at radius 1 is 1.12 bits per heavy atom. The third-order valence-corrected chi connectivity index (χ3v) is 6.55. The zero-order valence-electron chi connectivity index (χ0n) is 17.9. The number of H-pyrrole nitrogens is 1. The van der Waals surface area contributed by atoms with E-state index in [0.29, 0.717) is 54.4 Å². The molecular formula is C23H26N4O6. The molecule has 1 fully saturated rings. The molecule has 2 heterocycles. The fourth-order valence-corrected chi connectivity index (χ4v) is 4.92. The summed E-state index contributed by atoms with van der Waals surface area (Å²) in [5.41, 5.74) is 7.07. The Labute approximate surface area is 189 Å². The molecule has 0 unspecified atom stereocenters. The molecule has 10 heteroatoms. The topological polar surface area (TPSA) is 166 Å². The maximum Gasteiger partial charge on any atom is 0.325 e. The number of amides is 2. The number of aromatic nitrogens is 1. The van der Waals surface area contributed by atoms with Crippen LogP contribution in [0.4, 0.5) is 5.69 Å². The predicted octanol–water partition coefficient (Wildman–Crippen LogP) is 1.85. The number of carboxylic acids is 2. The van der Waals surface area contributed by atoms with Gasteiger partial charge in [-0.05, 0) is 43.9 Å². The van der Waals surface area contributed by atoms with Crippen LogP contribution in [0, 0.1) is 11.8 Å². The largest absolute Gasteiger partial charge is 0.481 e. The first-order valence-corrected chi connectivity index (χ1v) is 10.9. The van der Waals surface area contributed by atoms with E-state index in [2.05, 4.69) is 10.3 Å². The van der Waals surface area contributed by atoms with Gasteiger partial charge in [-0.15, -0.1) is 0 Å². The first-order valence-electron chi connectivity index (χ1n) is 10.9. The van der Waals surface area contributed by atoms with Crippen LogP contribution in [0.3, 0.4) is 0 Å². The van der Waals surface area contributed by atoms with Gasteiger partial charge in [-0.2, -0.15) is 0 Å². The average molecular weight is 454 g/mol. The predicted molar refractivity (Wildman–Crippen MR) is 119 cm³/mol. The molecule has 1 aliphatic heterocycles. The normalized spacial score (nSPS) is 23.9. The van der Waals surface area contributed by atoms with Crippen LogP contribution in [-0.4, -0.2) is 56.4 Å². The van der Waals surface area contributed by atoms with Gasteiger partial charge < -0.3 is 26.2 Å². The lowest BCUT2D eigenvalue weighted by atomic mass is 9.82. The number of hydrogen-bond donors (Lipinski definition) is 5. The van der Waals surface area contributed by atoms with Gasteiger partial charge in [0, 0.05) is 34.9 Å². The van der Waals surface area contributed by atoms with Gasteiger partial charge in [0.15, 0.2) is 0 Å². The molecule has 0 saturated carbocycles. The van der Waals surface area contributed by atoms with Gasteiger partial charge in [0.2, 0.25) is 11.8 Å². The number of primary amides is 1. The van der Waals surface area contributed by atoms with Gasteiger partial charge in [0.25, 0.3) is 0 Å². The van der Waals surface area contributed by atoms with E-state index in [1.807, 2.05) is 0 Å². The Hall–Kier alpha value is -3.66. The Bertz CT molecular complexity index is 1140. The number of allylic oxidation sites excluding steroid dienone is 2. The van der Waals surface area contributed by atoms with Gasteiger partial charge in [-0.25, -0.2) is 0 Å². The van der Waals surface area contributed by atoms with E-state index in [4.69, 9.17) is 5.73 Å². The molecule has 2 aromatic rings. The van der Waals surface area contributed by atoms with Crippen LogP contribution in [0.15, 0.2) is 36.5 Å². The number of carboxylic acid groups (broad SMARTS) is 2. The highest BCUT2D eigenvalue weighted by Crippen LogP contribution is 2.35. The highest BCUT2D eigenvalue weighted by Gasteiger charge is 2.40. The highest BCUT2D eigenvalue weighted by atomic mass is 16.4. The molecule has 10 nitrogen and oxygen atoms in total. The van der Waals surface area contributed by atoms with Crippen molar-refractivity contribution in [1.29, 1.82) is 0 Å². The third-order valence-electron chi connectivity index (χ3n) is 6.55. The van der Waals surface area contributed by atoms with Crippen molar-refractivity contribution in [2.75, 3.05) is 11.9 Å². The van der Waals surface area contributed by atoms with Crippen LogP contribution in [0.2, 0.25) is 0 Å². The van der Waals surface area contributed by atoms with Gasteiger partial charge in [0.1, 0.15) is 6.04 Å². The number of likely N-dealkylation sites (tertiary alicyclic amines) is 1. The van der Waals surface area contributed by atoms with Crippen LogP contribution < -0.4 is 11.1 Å². The zero-order chi connectivity index (χ0) is 23.7. The number of aliphatic carboxylic acids is 2. The van der Waals surface area contributed by atoms with E-state index >= 15 is 0 Å². The first-order chi connectivity index (χ1) is 15.8. The van der Waals surface area contributed by atoms with E-state index in [1.165, 1.54) is 0 Å². The molecule has 0 bridgehead atoms. The van der Waals surface area contributed by atoms with Crippen molar-refractivity contribution in [2.24, 2.45) is 17.6 Å². The number of aromatic amines is 1. The number of nitrogens with zero attached hydrogens (tertiary/aromatic N) is 1. The number of nitrogens with one attached hydrogen (secondary N) is 2. The molecule has 1 aliphatic carbocycles. The number of carbonyl (C=O) groups excluding carboxylic acids is 2. The monoisotopic (exact) mass is 454 g/mol. The van der Waals surface area contributed by atoms with Gasteiger partial charge in [0.05, 0.1) is 17.9 Å². The van der Waals surface area contributed by atoms with E-state index in [1.54, 1.807) is 41.4 Å². The summed E-state index contributed by atoms with van der Waals surface area (Å²) in [6, 6.07) is 3.32. The number of hydrogen-bond acceptors (Lipinski definition) is 5. The molecule has 174 valence electrons. The summed E-state index contributed by atoms with van der Waals surface area (Å²) in [5, 5.41) is 22.8.